The molecule has 0 aliphatic rings. The second-order valence-corrected chi connectivity index (χ2v) is 8.58. The van der Waals surface area contributed by atoms with Crippen molar-refractivity contribution in [2.75, 3.05) is 0 Å². The minimum atomic E-state index is -3.38. The molecule has 7 heteroatoms. The summed E-state index contributed by atoms with van der Waals surface area (Å²) in [6, 6.07) is 20.1. The molecule has 0 aliphatic carbocycles. The van der Waals surface area contributed by atoms with Crippen molar-refractivity contribution in [3.05, 3.63) is 83.6 Å². The first-order chi connectivity index (χ1) is 13.5. The highest BCUT2D eigenvalue weighted by molar-refractivity contribution is 7.89. The lowest BCUT2D eigenvalue weighted by Crippen LogP contribution is -2.08. The SMILES string of the molecule is Cc1ccccc1CS(=O)(=O)Cc1ccc(-c2nc(-c3ccccc3)no2)o1. The van der Waals surface area contributed by atoms with Crippen LogP contribution in [0.4, 0.5) is 0 Å². The summed E-state index contributed by atoms with van der Waals surface area (Å²) in [5.41, 5.74) is 2.56. The average Bonchev–Trinajstić information content (AvgIpc) is 3.33. The molecule has 0 unspecified atom stereocenters. The van der Waals surface area contributed by atoms with Gasteiger partial charge in [0, 0.05) is 5.56 Å². The monoisotopic (exact) mass is 394 g/mol. The molecule has 2 heterocycles. The Morgan fingerprint density at radius 2 is 1.64 bits per heavy atom. The predicted molar refractivity (Wildman–Crippen MR) is 105 cm³/mol. The van der Waals surface area contributed by atoms with Crippen molar-refractivity contribution in [1.29, 1.82) is 0 Å². The second kappa shape index (κ2) is 7.44. The number of rotatable bonds is 6. The molecule has 0 spiro atoms. The molecule has 0 bridgehead atoms. The highest BCUT2D eigenvalue weighted by atomic mass is 32.2. The Balaban J connectivity index is 1.50. The van der Waals surface area contributed by atoms with E-state index in [9.17, 15) is 8.42 Å². The van der Waals surface area contributed by atoms with E-state index in [-0.39, 0.29) is 17.4 Å². The van der Waals surface area contributed by atoms with Gasteiger partial charge in [-0.15, -0.1) is 0 Å². The predicted octanol–water partition coefficient (Wildman–Crippen LogP) is 4.42. The highest BCUT2D eigenvalue weighted by Gasteiger charge is 2.19. The van der Waals surface area contributed by atoms with E-state index < -0.39 is 9.84 Å². The van der Waals surface area contributed by atoms with Crippen molar-refractivity contribution in [2.24, 2.45) is 0 Å². The van der Waals surface area contributed by atoms with E-state index in [1.807, 2.05) is 61.5 Å². The fraction of sp³-hybridized carbons (Fsp3) is 0.143. The quantitative estimate of drug-likeness (QED) is 0.481. The first kappa shape index (κ1) is 18.2. The third kappa shape index (κ3) is 4.04. The molecule has 142 valence electrons. The van der Waals surface area contributed by atoms with E-state index in [1.54, 1.807) is 12.1 Å². The van der Waals surface area contributed by atoms with Gasteiger partial charge in [0.25, 0.3) is 5.89 Å². The summed E-state index contributed by atoms with van der Waals surface area (Å²) in [7, 11) is -3.38. The number of sulfone groups is 1. The number of benzene rings is 2. The Bertz CT molecular complexity index is 1190. The van der Waals surface area contributed by atoms with Gasteiger partial charge in [0.1, 0.15) is 11.5 Å². The Morgan fingerprint density at radius 3 is 2.43 bits per heavy atom. The zero-order valence-corrected chi connectivity index (χ0v) is 16.0. The normalized spacial score (nSPS) is 11.6. The number of hydrogen-bond donors (Lipinski definition) is 0. The summed E-state index contributed by atoms with van der Waals surface area (Å²) in [4.78, 5) is 4.32. The molecule has 2 aromatic heterocycles. The summed E-state index contributed by atoms with van der Waals surface area (Å²) in [6.07, 6.45) is 0. The molecule has 0 saturated heterocycles. The van der Waals surface area contributed by atoms with E-state index >= 15 is 0 Å². The van der Waals surface area contributed by atoms with Crippen molar-refractivity contribution < 1.29 is 17.4 Å². The number of furan rings is 1. The van der Waals surface area contributed by atoms with Crippen LogP contribution >= 0.6 is 0 Å². The minimum Gasteiger partial charge on any atom is -0.455 e. The van der Waals surface area contributed by atoms with Gasteiger partial charge in [-0.25, -0.2) is 8.42 Å². The van der Waals surface area contributed by atoms with Crippen LogP contribution in [0.5, 0.6) is 0 Å². The third-order valence-electron chi connectivity index (χ3n) is 4.33. The third-order valence-corrected chi connectivity index (χ3v) is 5.80. The van der Waals surface area contributed by atoms with Crippen LogP contribution in [0.2, 0.25) is 0 Å². The molecule has 6 nitrogen and oxygen atoms in total. The largest absolute Gasteiger partial charge is 0.455 e. The fourth-order valence-corrected chi connectivity index (χ4v) is 4.36. The maximum absolute atomic E-state index is 12.5. The van der Waals surface area contributed by atoms with Crippen LogP contribution in [0, 0.1) is 6.92 Å². The molecule has 0 aliphatic heterocycles. The molecule has 0 saturated carbocycles. The Labute approximate surface area is 162 Å². The first-order valence-corrected chi connectivity index (χ1v) is 10.6. The van der Waals surface area contributed by atoms with Gasteiger partial charge in [-0.2, -0.15) is 4.98 Å². The zero-order valence-electron chi connectivity index (χ0n) is 15.2. The van der Waals surface area contributed by atoms with E-state index in [0.717, 1.165) is 16.7 Å². The van der Waals surface area contributed by atoms with Crippen LogP contribution in [0.25, 0.3) is 23.0 Å². The topological polar surface area (TPSA) is 86.2 Å². The average molecular weight is 394 g/mol. The van der Waals surface area contributed by atoms with Crippen LogP contribution in [-0.4, -0.2) is 18.6 Å². The molecule has 4 aromatic rings. The van der Waals surface area contributed by atoms with Crippen molar-refractivity contribution in [3.63, 3.8) is 0 Å². The summed E-state index contributed by atoms with van der Waals surface area (Å²) < 4.78 is 36.0. The highest BCUT2D eigenvalue weighted by Crippen LogP contribution is 2.25. The van der Waals surface area contributed by atoms with Crippen LogP contribution in [0.1, 0.15) is 16.9 Å². The number of aryl methyl sites for hydroxylation is 1. The van der Waals surface area contributed by atoms with Gasteiger partial charge in [0.05, 0.1) is 5.75 Å². The van der Waals surface area contributed by atoms with Crippen molar-refractivity contribution >= 4 is 9.84 Å². The molecule has 2 aromatic carbocycles. The van der Waals surface area contributed by atoms with Gasteiger partial charge in [-0.3, -0.25) is 0 Å². The Morgan fingerprint density at radius 1 is 0.893 bits per heavy atom. The van der Waals surface area contributed by atoms with Crippen LogP contribution in [-0.2, 0) is 21.3 Å². The summed E-state index contributed by atoms with van der Waals surface area (Å²) >= 11 is 0. The molecule has 0 atom stereocenters. The first-order valence-electron chi connectivity index (χ1n) is 8.73. The smallest absolute Gasteiger partial charge is 0.293 e. The van der Waals surface area contributed by atoms with E-state index in [0.29, 0.717) is 17.3 Å². The number of nitrogens with zero attached hydrogens (tertiary/aromatic N) is 2. The summed E-state index contributed by atoms with van der Waals surface area (Å²) in [5, 5.41) is 3.95. The standard InChI is InChI=1S/C21H18N2O4S/c1-15-7-5-6-10-17(15)13-28(24,25)14-18-11-12-19(26-18)21-22-20(23-27-21)16-8-3-2-4-9-16/h2-12H,13-14H2,1H3. The van der Waals surface area contributed by atoms with Gasteiger partial charge in [-0.05, 0) is 30.2 Å². The van der Waals surface area contributed by atoms with Gasteiger partial charge in [-0.1, -0.05) is 59.8 Å². The molecule has 0 radical (unpaired) electrons. The maximum Gasteiger partial charge on any atom is 0.293 e. The molecule has 0 N–H and O–H groups in total. The number of aromatic nitrogens is 2. The molecule has 0 fully saturated rings. The van der Waals surface area contributed by atoms with Crippen LogP contribution < -0.4 is 0 Å². The van der Waals surface area contributed by atoms with E-state index in [4.69, 9.17) is 8.94 Å². The lowest BCUT2D eigenvalue weighted by atomic mass is 10.1. The van der Waals surface area contributed by atoms with Gasteiger partial charge < -0.3 is 8.94 Å². The van der Waals surface area contributed by atoms with Crippen LogP contribution in [0.15, 0.2) is 75.7 Å². The summed E-state index contributed by atoms with van der Waals surface area (Å²) in [5.74, 6) is 1.11. The van der Waals surface area contributed by atoms with Crippen molar-refractivity contribution in [3.8, 4) is 23.0 Å². The minimum absolute atomic E-state index is 0.0333. The Kier molecular flexibility index (Phi) is 4.83. The lowest BCUT2D eigenvalue weighted by molar-refractivity contribution is 0.413. The van der Waals surface area contributed by atoms with Crippen molar-refractivity contribution in [1.82, 2.24) is 10.1 Å². The van der Waals surface area contributed by atoms with Crippen molar-refractivity contribution in [2.45, 2.75) is 18.4 Å². The molecular weight excluding hydrogens is 376 g/mol. The summed E-state index contributed by atoms with van der Waals surface area (Å²) in [6.45, 7) is 1.90. The maximum atomic E-state index is 12.5. The van der Waals surface area contributed by atoms with Gasteiger partial charge in [0.15, 0.2) is 15.6 Å². The molecule has 0 amide bonds. The van der Waals surface area contributed by atoms with Gasteiger partial charge in [0.2, 0.25) is 5.82 Å². The van der Waals surface area contributed by atoms with Gasteiger partial charge >= 0.3 is 0 Å². The van der Waals surface area contributed by atoms with E-state index in [1.165, 1.54) is 0 Å². The van der Waals surface area contributed by atoms with E-state index in [2.05, 4.69) is 10.1 Å². The van der Waals surface area contributed by atoms with Crippen LogP contribution in [0.3, 0.4) is 0 Å². The molecule has 4 rings (SSSR count). The Hall–Kier alpha value is -3.19. The molecule has 28 heavy (non-hydrogen) atoms. The fourth-order valence-electron chi connectivity index (χ4n) is 2.88. The second-order valence-electron chi connectivity index (χ2n) is 6.51. The number of hydrogen-bond acceptors (Lipinski definition) is 6. The lowest BCUT2D eigenvalue weighted by Gasteiger charge is -2.06. The molecular formula is C21H18N2O4S. The zero-order chi connectivity index (χ0) is 19.6.